The summed E-state index contributed by atoms with van der Waals surface area (Å²) in [5, 5.41) is 0.934. The Morgan fingerprint density at radius 1 is 1.37 bits per heavy atom. The van der Waals surface area contributed by atoms with Gasteiger partial charge < -0.3 is 13.9 Å². The summed E-state index contributed by atoms with van der Waals surface area (Å²) in [4.78, 5) is 11.4. The van der Waals surface area contributed by atoms with Crippen molar-refractivity contribution >= 4 is 11.0 Å². The van der Waals surface area contributed by atoms with E-state index in [-0.39, 0.29) is 11.7 Å². The van der Waals surface area contributed by atoms with Crippen LogP contribution in [0.3, 0.4) is 0 Å². The maximum atomic E-state index is 11.4. The van der Waals surface area contributed by atoms with Crippen LogP contribution in [0.15, 0.2) is 33.5 Å². The van der Waals surface area contributed by atoms with Crippen molar-refractivity contribution in [2.75, 3.05) is 13.2 Å². The molecule has 1 fully saturated rings. The first-order valence-corrected chi connectivity index (χ1v) is 6.51. The molecule has 0 saturated carbocycles. The minimum Gasteiger partial charge on any atom is -0.491 e. The highest BCUT2D eigenvalue weighted by molar-refractivity contribution is 5.81. The van der Waals surface area contributed by atoms with E-state index in [0.29, 0.717) is 17.9 Å². The van der Waals surface area contributed by atoms with Crippen LogP contribution in [0.2, 0.25) is 0 Å². The number of ether oxygens (including phenoxy) is 2. The molecule has 19 heavy (non-hydrogen) atoms. The molecule has 0 N–H and O–H groups in total. The van der Waals surface area contributed by atoms with Crippen molar-refractivity contribution in [3.05, 3.63) is 40.2 Å². The minimum atomic E-state index is -0.332. The quantitative estimate of drug-likeness (QED) is 0.796. The molecule has 1 saturated heterocycles. The molecule has 3 rings (SSSR count). The Balaban J connectivity index is 1.82. The number of hydrogen-bond donors (Lipinski definition) is 0. The number of rotatable bonds is 3. The molecule has 0 bridgehead atoms. The third kappa shape index (κ3) is 2.63. The van der Waals surface area contributed by atoms with Gasteiger partial charge in [0.05, 0.1) is 6.10 Å². The van der Waals surface area contributed by atoms with Gasteiger partial charge in [0, 0.05) is 24.1 Å². The molecule has 100 valence electrons. The van der Waals surface area contributed by atoms with Crippen LogP contribution in [0, 0.1) is 6.92 Å². The lowest BCUT2D eigenvalue weighted by molar-refractivity contribution is 0.0680. The van der Waals surface area contributed by atoms with Crippen LogP contribution in [0.25, 0.3) is 11.0 Å². The van der Waals surface area contributed by atoms with Gasteiger partial charge in [-0.1, -0.05) is 0 Å². The van der Waals surface area contributed by atoms with E-state index in [1.54, 1.807) is 6.07 Å². The third-order valence-corrected chi connectivity index (χ3v) is 3.38. The molecule has 1 atom stereocenters. The van der Waals surface area contributed by atoms with Gasteiger partial charge in [-0.2, -0.15) is 0 Å². The topological polar surface area (TPSA) is 48.7 Å². The Morgan fingerprint density at radius 2 is 2.26 bits per heavy atom. The van der Waals surface area contributed by atoms with Gasteiger partial charge >= 0.3 is 5.63 Å². The molecule has 0 spiro atoms. The lowest BCUT2D eigenvalue weighted by Crippen LogP contribution is -2.16. The molecule has 1 aromatic carbocycles. The van der Waals surface area contributed by atoms with Gasteiger partial charge in [-0.3, -0.25) is 0 Å². The number of hydrogen-bond acceptors (Lipinski definition) is 4. The predicted molar refractivity (Wildman–Crippen MR) is 71.7 cm³/mol. The first-order chi connectivity index (χ1) is 9.22. The largest absolute Gasteiger partial charge is 0.491 e. The van der Waals surface area contributed by atoms with Gasteiger partial charge in [0.15, 0.2) is 0 Å². The first-order valence-electron chi connectivity index (χ1n) is 6.51. The average Bonchev–Trinajstić information content (AvgIpc) is 2.88. The number of aryl methyl sites for hydroxylation is 1. The van der Waals surface area contributed by atoms with Crippen molar-refractivity contribution in [3.63, 3.8) is 0 Å². The molecular weight excluding hydrogens is 244 g/mol. The Hall–Kier alpha value is -1.81. The van der Waals surface area contributed by atoms with Gasteiger partial charge in [0.25, 0.3) is 0 Å². The van der Waals surface area contributed by atoms with E-state index < -0.39 is 0 Å². The highest BCUT2D eigenvalue weighted by Crippen LogP contribution is 2.23. The van der Waals surface area contributed by atoms with Crippen molar-refractivity contribution in [2.45, 2.75) is 25.9 Å². The first kappa shape index (κ1) is 12.2. The molecule has 4 nitrogen and oxygen atoms in total. The van der Waals surface area contributed by atoms with Crippen molar-refractivity contribution in [1.29, 1.82) is 0 Å². The van der Waals surface area contributed by atoms with E-state index in [1.165, 1.54) is 6.07 Å². The van der Waals surface area contributed by atoms with Gasteiger partial charge in [-0.15, -0.1) is 0 Å². The summed E-state index contributed by atoms with van der Waals surface area (Å²) >= 11 is 0. The zero-order chi connectivity index (χ0) is 13.2. The number of benzene rings is 1. The summed E-state index contributed by atoms with van der Waals surface area (Å²) in [6, 6.07) is 7.07. The second-order valence-corrected chi connectivity index (χ2v) is 4.85. The maximum Gasteiger partial charge on any atom is 0.336 e. The molecule has 1 aromatic heterocycles. The fourth-order valence-corrected chi connectivity index (χ4v) is 2.36. The van der Waals surface area contributed by atoms with E-state index in [1.807, 2.05) is 19.1 Å². The third-order valence-electron chi connectivity index (χ3n) is 3.38. The Morgan fingerprint density at radius 3 is 3.05 bits per heavy atom. The van der Waals surface area contributed by atoms with Crippen LogP contribution in [0.5, 0.6) is 5.75 Å². The van der Waals surface area contributed by atoms with Crippen molar-refractivity contribution < 1.29 is 13.9 Å². The Kier molecular flexibility index (Phi) is 3.25. The molecule has 0 radical (unpaired) electrons. The van der Waals surface area contributed by atoms with E-state index in [9.17, 15) is 4.79 Å². The van der Waals surface area contributed by atoms with Crippen LogP contribution in [0.1, 0.15) is 18.4 Å². The Labute approximate surface area is 110 Å². The summed E-state index contributed by atoms with van der Waals surface area (Å²) in [6.45, 7) is 3.26. The zero-order valence-corrected chi connectivity index (χ0v) is 10.8. The average molecular weight is 260 g/mol. The summed E-state index contributed by atoms with van der Waals surface area (Å²) in [5.74, 6) is 0.705. The van der Waals surface area contributed by atoms with Gasteiger partial charge in [-0.25, -0.2) is 4.79 Å². The molecule has 4 heteroatoms. The van der Waals surface area contributed by atoms with Crippen LogP contribution in [-0.2, 0) is 4.74 Å². The zero-order valence-electron chi connectivity index (χ0n) is 10.8. The molecule has 0 aliphatic carbocycles. The van der Waals surface area contributed by atoms with E-state index >= 15 is 0 Å². The molecule has 2 aromatic rings. The molecule has 2 heterocycles. The molecule has 1 unspecified atom stereocenters. The van der Waals surface area contributed by atoms with Gasteiger partial charge in [-0.05, 0) is 37.5 Å². The van der Waals surface area contributed by atoms with E-state index in [4.69, 9.17) is 13.9 Å². The van der Waals surface area contributed by atoms with Crippen LogP contribution >= 0.6 is 0 Å². The van der Waals surface area contributed by atoms with Crippen molar-refractivity contribution in [3.8, 4) is 5.75 Å². The van der Waals surface area contributed by atoms with Crippen LogP contribution in [-0.4, -0.2) is 19.3 Å². The molecular formula is C15H16O4. The fourth-order valence-electron chi connectivity index (χ4n) is 2.36. The molecule has 1 aliphatic rings. The lowest BCUT2D eigenvalue weighted by Gasteiger charge is -2.11. The monoisotopic (exact) mass is 260 g/mol. The van der Waals surface area contributed by atoms with Gasteiger partial charge in [0.1, 0.15) is 17.9 Å². The SMILES string of the molecule is Cc1cc(=O)oc2cc(OCC3CCCO3)ccc12. The second-order valence-electron chi connectivity index (χ2n) is 4.85. The normalized spacial score (nSPS) is 18.9. The number of fused-ring (bicyclic) bond motifs is 1. The summed E-state index contributed by atoms with van der Waals surface area (Å²) in [7, 11) is 0. The Bertz CT molecular complexity index is 638. The predicted octanol–water partition coefficient (Wildman–Crippen LogP) is 2.66. The van der Waals surface area contributed by atoms with Crippen LogP contribution in [0.4, 0.5) is 0 Å². The smallest absolute Gasteiger partial charge is 0.336 e. The summed E-state index contributed by atoms with van der Waals surface area (Å²) in [5.41, 5.74) is 1.15. The van der Waals surface area contributed by atoms with Crippen molar-refractivity contribution in [2.24, 2.45) is 0 Å². The highest BCUT2D eigenvalue weighted by atomic mass is 16.5. The van der Waals surface area contributed by atoms with E-state index in [2.05, 4.69) is 0 Å². The molecule has 1 aliphatic heterocycles. The lowest BCUT2D eigenvalue weighted by atomic mass is 10.1. The van der Waals surface area contributed by atoms with E-state index in [0.717, 1.165) is 30.4 Å². The van der Waals surface area contributed by atoms with Crippen molar-refractivity contribution in [1.82, 2.24) is 0 Å². The second kappa shape index (κ2) is 5.05. The maximum absolute atomic E-state index is 11.4. The van der Waals surface area contributed by atoms with Crippen LogP contribution < -0.4 is 10.4 Å². The minimum absolute atomic E-state index is 0.181. The van der Waals surface area contributed by atoms with Gasteiger partial charge in [0.2, 0.25) is 0 Å². The summed E-state index contributed by atoms with van der Waals surface area (Å²) < 4.78 is 16.4. The standard InChI is InChI=1S/C15H16O4/c1-10-7-15(16)19-14-8-11(4-5-13(10)14)18-9-12-3-2-6-17-12/h4-5,7-8,12H,2-3,6,9H2,1H3. The molecule has 0 amide bonds. The highest BCUT2D eigenvalue weighted by Gasteiger charge is 2.16. The fraction of sp³-hybridized carbons (Fsp3) is 0.400. The summed E-state index contributed by atoms with van der Waals surface area (Å²) in [6.07, 6.45) is 2.32.